The van der Waals surface area contributed by atoms with Gasteiger partial charge in [0.1, 0.15) is 23.0 Å². The third kappa shape index (κ3) is 4.42. The number of fused-ring (bicyclic) bond motifs is 2. The van der Waals surface area contributed by atoms with Crippen LogP contribution in [0, 0.1) is 6.92 Å². The molecule has 3 aromatic carbocycles. The summed E-state index contributed by atoms with van der Waals surface area (Å²) in [6.45, 7) is 4.80. The Morgan fingerprint density at radius 2 is 1.76 bits per heavy atom. The first-order valence-corrected chi connectivity index (χ1v) is 11.2. The van der Waals surface area contributed by atoms with Gasteiger partial charge >= 0.3 is 0 Å². The van der Waals surface area contributed by atoms with E-state index in [2.05, 4.69) is 4.90 Å². The number of amides is 1. The number of ether oxygens (including phenoxy) is 2. The monoisotopic (exact) mass is 441 g/mol. The number of amidine groups is 1. The number of piperazine rings is 1. The van der Waals surface area contributed by atoms with Crippen LogP contribution in [0.5, 0.6) is 17.2 Å². The van der Waals surface area contributed by atoms with E-state index in [0.717, 1.165) is 45.5 Å². The molecule has 2 heterocycles. The minimum Gasteiger partial charge on any atom is -0.497 e. The number of nitrogens with zero attached hydrogens (tertiary/aromatic N) is 3. The van der Waals surface area contributed by atoms with E-state index in [1.807, 2.05) is 78.6 Å². The molecular weight excluding hydrogens is 414 g/mol. The summed E-state index contributed by atoms with van der Waals surface area (Å²) in [7, 11) is 1.65. The molecule has 1 amide bonds. The van der Waals surface area contributed by atoms with Gasteiger partial charge in [0.15, 0.2) is 5.75 Å². The third-order valence-electron chi connectivity index (χ3n) is 6.12. The van der Waals surface area contributed by atoms with Crippen molar-refractivity contribution in [3.05, 3.63) is 83.4 Å². The maximum Gasteiger partial charge on any atom is 0.227 e. The van der Waals surface area contributed by atoms with Gasteiger partial charge in [-0.25, -0.2) is 4.99 Å². The molecule has 33 heavy (non-hydrogen) atoms. The van der Waals surface area contributed by atoms with Gasteiger partial charge in [0, 0.05) is 32.2 Å². The van der Waals surface area contributed by atoms with Crippen LogP contribution in [0.3, 0.4) is 0 Å². The van der Waals surface area contributed by atoms with Crippen LogP contribution in [0.15, 0.2) is 71.7 Å². The average Bonchev–Trinajstić information content (AvgIpc) is 3.00. The lowest BCUT2D eigenvalue weighted by atomic mass is 10.1. The standard InChI is InChI=1S/C27H27N3O3/c1-19-8-11-23-25(16-19)33-24-18-21(32-2)9-10-22(24)27(28-23)30-14-12-29(13-15-30)26(31)17-20-6-4-3-5-7-20/h3-11,16,18H,12-15,17H2,1-2H3. The lowest BCUT2D eigenvalue weighted by Gasteiger charge is -2.36. The van der Waals surface area contributed by atoms with E-state index in [1.165, 1.54) is 0 Å². The fraction of sp³-hybridized carbons (Fsp3) is 0.259. The van der Waals surface area contributed by atoms with Crippen LogP contribution >= 0.6 is 0 Å². The zero-order valence-electron chi connectivity index (χ0n) is 19.0. The number of aliphatic imine (C=N–C) groups is 1. The summed E-state index contributed by atoms with van der Waals surface area (Å²) in [5.41, 5.74) is 3.88. The van der Waals surface area contributed by atoms with Crippen molar-refractivity contribution in [2.45, 2.75) is 13.3 Å². The summed E-state index contributed by atoms with van der Waals surface area (Å²) in [5, 5.41) is 0. The van der Waals surface area contributed by atoms with Crippen molar-refractivity contribution in [1.82, 2.24) is 9.80 Å². The van der Waals surface area contributed by atoms with E-state index in [4.69, 9.17) is 14.5 Å². The summed E-state index contributed by atoms with van der Waals surface area (Å²) < 4.78 is 11.7. The van der Waals surface area contributed by atoms with Gasteiger partial charge in [-0.2, -0.15) is 0 Å². The molecule has 1 fully saturated rings. The Hall–Kier alpha value is -3.80. The Labute approximate surface area is 194 Å². The maximum absolute atomic E-state index is 12.8. The minimum absolute atomic E-state index is 0.165. The van der Waals surface area contributed by atoms with Gasteiger partial charge in [-0.1, -0.05) is 36.4 Å². The minimum atomic E-state index is 0.165. The molecule has 6 heteroatoms. The lowest BCUT2D eigenvalue weighted by Crippen LogP contribution is -2.51. The highest BCUT2D eigenvalue weighted by atomic mass is 16.5. The summed E-state index contributed by atoms with van der Waals surface area (Å²) >= 11 is 0. The average molecular weight is 442 g/mol. The lowest BCUT2D eigenvalue weighted by molar-refractivity contribution is -0.131. The first-order valence-electron chi connectivity index (χ1n) is 11.2. The molecule has 2 aliphatic rings. The molecule has 1 saturated heterocycles. The van der Waals surface area contributed by atoms with Gasteiger partial charge in [-0.3, -0.25) is 4.79 Å². The quantitative estimate of drug-likeness (QED) is 0.597. The zero-order chi connectivity index (χ0) is 22.8. The molecule has 0 aliphatic carbocycles. The molecular formula is C27H27N3O3. The van der Waals surface area contributed by atoms with Crippen LogP contribution in [-0.4, -0.2) is 54.8 Å². The first kappa shape index (κ1) is 21.1. The second-order valence-electron chi connectivity index (χ2n) is 8.40. The Bertz CT molecular complexity index is 1200. The molecule has 0 bridgehead atoms. The van der Waals surface area contributed by atoms with Gasteiger partial charge in [0.2, 0.25) is 5.91 Å². The number of carbonyl (C=O) groups excluding carboxylic acids is 1. The van der Waals surface area contributed by atoms with Crippen LogP contribution in [0.4, 0.5) is 5.69 Å². The van der Waals surface area contributed by atoms with Crippen molar-refractivity contribution >= 4 is 17.4 Å². The van der Waals surface area contributed by atoms with E-state index in [9.17, 15) is 4.79 Å². The highest BCUT2D eigenvalue weighted by molar-refractivity contribution is 6.04. The van der Waals surface area contributed by atoms with Crippen molar-refractivity contribution in [1.29, 1.82) is 0 Å². The van der Waals surface area contributed by atoms with E-state index in [1.54, 1.807) is 7.11 Å². The number of benzene rings is 3. The fourth-order valence-electron chi connectivity index (χ4n) is 4.28. The highest BCUT2D eigenvalue weighted by Crippen LogP contribution is 2.40. The normalized spacial score (nSPS) is 15.0. The van der Waals surface area contributed by atoms with E-state index >= 15 is 0 Å². The molecule has 0 atom stereocenters. The number of rotatable bonds is 3. The van der Waals surface area contributed by atoms with Crippen molar-refractivity contribution in [3.63, 3.8) is 0 Å². The van der Waals surface area contributed by atoms with Crippen molar-refractivity contribution < 1.29 is 14.3 Å². The molecule has 0 spiro atoms. The molecule has 0 aromatic heterocycles. The molecule has 3 aromatic rings. The van der Waals surface area contributed by atoms with Crippen LogP contribution in [-0.2, 0) is 11.2 Å². The smallest absolute Gasteiger partial charge is 0.227 e. The van der Waals surface area contributed by atoms with Gasteiger partial charge < -0.3 is 19.3 Å². The molecule has 168 valence electrons. The molecule has 0 radical (unpaired) electrons. The zero-order valence-corrected chi connectivity index (χ0v) is 19.0. The van der Waals surface area contributed by atoms with Crippen LogP contribution < -0.4 is 9.47 Å². The van der Waals surface area contributed by atoms with Crippen molar-refractivity contribution in [3.8, 4) is 17.2 Å². The Morgan fingerprint density at radius 3 is 2.52 bits per heavy atom. The number of aryl methyl sites for hydroxylation is 1. The van der Waals surface area contributed by atoms with Crippen molar-refractivity contribution in [2.75, 3.05) is 33.3 Å². The number of carbonyl (C=O) groups is 1. The molecule has 0 N–H and O–H groups in total. The predicted octanol–water partition coefficient (Wildman–Crippen LogP) is 4.57. The summed E-state index contributed by atoms with van der Waals surface area (Å²) in [4.78, 5) is 22.0. The SMILES string of the molecule is COc1ccc2c(c1)Oc1cc(C)ccc1N=C2N1CCN(C(=O)Cc2ccccc2)CC1. The molecule has 2 aliphatic heterocycles. The van der Waals surface area contributed by atoms with E-state index < -0.39 is 0 Å². The van der Waals surface area contributed by atoms with Gasteiger partial charge in [0.05, 0.1) is 19.1 Å². The highest BCUT2D eigenvalue weighted by Gasteiger charge is 2.28. The van der Waals surface area contributed by atoms with Crippen LogP contribution in [0.2, 0.25) is 0 Å². The van der Waals surface area contributed by atoms with Gasteiger partial charge in [0.25, 0.3) is 0 Å². The van der Waals surface area contributed by atoms with E-state index in [0.29, 0.717) is 32.6 Å². The summed E-state index contributed by atoms with van der Waals surface area (Å²) in [6, 6.07) is 21.8. The van der Waals surface area contributed by atoms with Crippen LogP contribution in [0.1, 0.15) is 16.7 Å². The number of hydrogen-bond donors (Lipinski definition) is 0. The van der Waals surface area contributed by atoms with Gasteiger partial charge in [-0.15, -0.1) is 0 Å². The summed E-state index contributed by atoms with van der Waals surface area (Å²) in [5.74, 6) is 3.22. The third-order valence-corrected chi connectivity index (χ3v) is 6.12. The fourth-order valence-corrected chi connectivity index (χ4v) is 4.28. The second-order valence-corrected chi connectivity index (χ2v) is 8.40. The summed E-state index contributed by atoms with van der Waals surface area (Å²) in [6.07, 6.45) is 0.435. The predicted molar refractivity (Wildman–Crippen MR) is 129 cm³/mol. The maximum atomic E-state index is 12.8. The molecule has 0 saturated carbocycles. The molecule has 5 rings (SSSR count). The van der Waals surface area contributed by atoms with E-state index in [-0.39, 0.29) is 5.91 Å². The second kappa shape index (κ2) is 8.98. The van der Waals surface area contributed by atoms with Crippen LogP contribution in [0.25, 0.3) is 0 Å². The molecule has 0 unspecified atom stereocenters. The Kier molecular flexibility index (Phi) is 5.73. The Morgan fingerprint density at radius 1 is 0.970 bits per heavy atom. The topological polar surface area (TPSA) is 54.4 Å². The number of methoxy groups -OCH3 is 1. The Balaban J connectivity index is 1.39. The molecule has 6 nitrogen and oxygen atoms in total. The largest absolute Gasteiger partial charge is 0.497 e. The van der Waals surface area contributed by atoms with Crippen molar-refractivity contribution in [2.24, 2.45) is 4.99 Å². The van der Waals surface area contributed by atoms with Gasteiger partial charge in [-0.05, 0) is 42.3 Å². The first-order chi connectivity index (χ1) is 16.1. The number of hydrogen-bond acceptors (Lipinski definition) is 5.